The molecule has 0 aliphatic heterocycles. The molecule has 0 aliphatic rings. The molecule has 78 valence electrons. The van der Waals surface area contributed by atoms with E-state index < -0.39 is 0 Å². The fraction of sp³-hybridized carbons (Fsp3) is 0.273. The molecule has 4 nitrogen and oxygen atoms in total. The van der Waals surface area contributed by atoms with Crippen molar-refractivity contribution in [1.29, 1.82) is 0 Å². The molecule has 0 atom stereocenters. The zero-order valence-corrected chi connectivity index (χ0v) is 8.47. The third-order valence-corrected chi connectivity index (χ3v) is 2.03. The number of aliphatic hydroxyl groups is 1. The van der Waals surface area contributed by atoms with Gasteiger partial charge in [0.05, 0.1) is 6.61 Å². The Morgan fingerprint density at radius 2 is 2.20 bits per heavy atom. The Labute approximate surface area is 87.6 Å². The highest BCUT2D eigenvalue weighted by Gasteiger charge is 2.05. The van der Waals surface area contributed by atoms with Crippen molar-refractivity contribution >= 4 is 0 Å². The van der Waals surface area contributed by atoms with Gasteiger partial charge in [0.1, 0.15) is 17.3 Å². The summed E-state index contributed by atoms with van der Waals surface area (Å²) < 4.78 is 5.45. The van der Waals surface area contributed by atoms with E-state index >= 15 is 0 Å². The Kier molecular flexibility index (Phi) is 2.78. The molecule has 0 aromatic carbocycles. The summed E-state index contributed by atoms with van der Waals surface area (Å²) in [5.41, 5.74) is 0.751. The minimum Gasteiger partial charge on any atom is -0.460 e. The van der Waals surface area contributed by atoms with Crippen LogP contribution in [0.1, 0.15) is 11.6 Å². The largest absolute Gasteiger partial charge is 0.460 e. The van der Waals surface area contributed by atoms with Crippen molar-refractivity contribution in [3.05, 3.63) is 36.0 Å². The predicted molar refractivity (Wildman–Crippen MR) is 55.3 cm³/mol. The van der Waals surface area contributed by atoms with Crippen molar-refractivity contribution in [2.24, 2.45) is 0 Å². The van der Waals surface area contributed by atoms with E-state index in [9.17, 15) is 0 Å². The molecule has 0 radical (unpaired) electrons. The second-order valence-electron chi connectivity index (χ2n) is 3.24. The van der Waals surface area contributed by atoms with Gasteiger partial charge in [-0.25, -0.2) is 9.97 Å². The SMILES string of the molecule is Cc1ccc(-c2ccnc(CCO)n2)o1. The van der Waals surface area contributed by atoms with E-state index in [1.54, 1.807) is 12.3 Å². The lowest BCUT2D eigenvalue weighted by Crippen LogP contribution is -1.98. The van der Waals surface area contributed by atoms with Gasteiger partial charge in [-0.1, -0.05) is 0 Å². The molecule has 0 saturated carbocycles. The number of hydrogen-bond donors (Lipinski definition) is 1. The zero-order chi connectivity index (χ0) is 10.7. The normalized spacial score (nSPS) is 10.5. The average Bonchev–Trinajstić information content (AvgIpc) is 2.66. The quantitative estimate of drug-likeness (QED) is 0.824. The Morgan fingerprint density at radius 3 is 2.87 bits per heavy atom. The molecule has 0 fully saturated rings. The first-order valence-electron chi connectivity index (χ1n) is 4.79. The summed E-state index contributed by atoms with van der Waals surface area (Å²) >= 11 is 0. The van der Waals surface area contributed by atoms with Crippen LogP contribution in [0.25, 0.3) is 11.5 Å². The van der Waals surface area contributed by atoms with E-state index in [0.29, 0.717) is 12.2 Å². The van der Waals surface area contributed by atoms with Crippen LogP contribution >= 0.6 is 0 Å². The van der Waals surface area contributed by atoms with Gasteiger partial charge in [-0.3, -0.25) is 0 Å². The lowest BCUT2D eigenvalue weighted by molar-refractivity contribution is 0.296. The van der Waals surface area contributed by atoms with Crippen LogP contribution in [0.15, 0.2) is 28.8 Å². The lowest BCUT2D eigenvalue weighted by atomic mass is 10.3. The molecule has 0 bridgehead atoms. The summed E-state index contributed by atoms with van der Waals surface area (Å²) in [5.74, 6) is 2.21. The molecule has 2 aromatic rings. The van der Waals surface area contributed by atoms with E-state index in [1.807, 2.05) is 19.1 Å². The number of aryl methyl sites for hydroxylation is 1. The number of nitrogens with zero attached hydrogens (tertiary/aromatic N) is 2. The van der Waals surface area contributed by atoms with Crippen LogP contribution in [0.2, 0.25) is 0 Å². The van der Waals surface area contributed by atoms with E-state index in [4.69, 9.17) is 9.52 Å². The summed E-state index contributed by atoms with van der Waals surface area (Å²) in [6.45, 7) is 1.94. The molecule has 2 heterocycles. The highest BCUT2D eigenvalue weighted by Crippen LogP contribution is 2.19. The number of aliphatic hydroxyl groups excluding tert-OH is 1. The van der Waals surface area contributed by atoms with Gasteiger partial charge in [0.25, 0.3) is 0 Å². The van der Waals surface area contributed by atoms with Gasteiger partial charge in [-0.15, -0.1) is 0 Å². The Hall–Kier alpha value is -1.68. The van der Waals surface area contributed by atoms with Gasteiger partial charge in [0.15, 0.2) is 5.76 Å². The third-order valence-electron chi connectivity index (χ3n) is 2.03. The third kappa shape index (κ3) is 2.22. The first kappa shape index (κ1) is 9.86. The maximum atomic E-state index is 8.78. The van der Waals surface area contributed by atoms with Crippen LogP contribution in [0, 0.1) is 6.92 Å². The van der Waals surface area contributed by atoms with Crippen LogP contribution in [0.5, 0.6) is 0 Å². The molecule has 2 aromatic heterocycles. The molecule has 1 N–H and O–H groups in total. The minimum atomic E-state index is 0.0562. The second-order valence-corrected chi connectivity index (χ2v) is 3.24. The highest BCUT2D eigenvalue weighted by atomic mass is 16.3. The standard InChI is InChI=1S/C11H12N2O2/c1-8-2-3-10(15-8)9-4-6-12-11(13-9)5-7-14/h2-4,6,14H,5,7H2,1H3. The van der Waals surface area contributed by atoms with Crippen LogP contribution < -0.4 is 0 Å². The number of aromatic nitrogens is 2. The van der Waals surface area contributed by atoms with Crippen molar-refractivity contribution in [1.82, 2.24) is 9.97 Å². The number of hydrogen-bond acceptors (Lipinski definition) is 4. The summed E-state index contributed by atoms with van der Waals surface area (Å²) in [7, 11) is 0. The molecular weight excluding hydrogens is 192 g/mol. The molecule has 15 heavy (non-hydrogen) atoms. The van der Waals surface area contributed by atoms with E-state index in [1.165, 1.54) is 0 Å². The molecule has 0 aliphatic carbocycles. The molecule has 0 unspecified atom stereocenters. The molecule has 0 spiro atoms. The molecular formula is C11H12N2O2. The van der Waals surface area contributed by atoms with Gasteiger partial charge >= 0.3 is 0 Å². The van der Waals surface area contributed by atoms with Crippen molar-refractivity contribution in [2.75, 3.05) is 6.61 Å². The molecule has 2 rings (SSSR count). The van der Waals surface area contributed by atoms with Crippen molar-refractivity contribution in [3.8, 4) is 11.5 Å². The van der Waals surface area contributed by atoms with Gasteiger partial charge in [0.2, 0.25) is 0 Å². The smallest absolute Gasteiger partial charge is 0.152 e. The summed E-state index contributed by atoms with van der Waals surface area (Å²) in [4.78, 5) is 8.33. The van der Waals surface area contributed by atoms with Gasteiger partial charge in [-0.2, -0.15) is 0 Å². The van der Waals surface area contributed by atoms with Crippen LogP contribution in [0.4, 0.5) is 0 Å². The Bertz CT molecular complexity index is 451. The summed E-state index contributed by atoms with van der Waals surface area (Å²) in [6, 6.07) is 5.56. The van der Waals surface area contributed by atoms with E-state index in [0.717, 1.165) is 17.2 Å². The van der Waals surface area contributed by atoms with Crippen molar-refractivity contribution in [2.45, 2.75) is 13.3 Å². The monoisotopic (exact) mass is 204 g/mol. The first-order valence-corrected chi connectivity index (χ1v) is 4.79. The molecule has 4 heteroatoms. The first-order chi connectivity index (χ1) is 7.29. The Balaban J connectivity index is 2.32. The van der Waals surface area contributed by atoms with E-state index in [-0.39, 0.29) is 6.61 Å². The highest BCUT2D eigenvalue weighted by molar-refractivity contribution is 5.51. The molecule has 0 saturated heterocycles. The summed E-state index contributed by atoms with van der Waals surface area (Å²) in [5, 5.41) is 8.78. The Morgan fingerprint density at radius 1 is 1.33 bits per heavy atom. The fourth-order valence-corrected chi connectivity index (χ4v) is 1.33. The van der Waals surface area contributed by atoms with Gasteiger partial charge in [-0.05, 0) is 25.1 Å². The number of furan rings is 1. The maximum absolute atomic E-state index is 8.78. The lowest BCUT2D eigenvalue weighted by Gasteiger charge is -1.99. The van der Waals surface area contributed by atoms with Gasteiger partial charge in [0, 0.05) is 12.6 Å². The van der Waals surface area contributed by atoms with Crippen molar-refractivity contribution in [3.63, 3.8) is 0 Å². The fourth-order valence-electron chi connectivity index (χ4n) is 1.33. The number of rotatable bonds is 3. The minimum absolute atomic E-state index is 0.0562. The molecule has 0 amide bonds. The van der Waals surface area contributed by atoms with Crippen molar-refractivity contribution < 1.29 is 9.52 Å². The predicted octanol–water partition coefficient (Wildman–Crippen LogP) is 1.58. The maximum Gasteiger partial charge on any atom is 0.152 e. The van der Waals surface area contributed by atoms with Crippen LogP contribution in [-0.2, 0) is 6.42 Å². The topological polar surface area (TPSA) is 59.2 Å². The van der Waals surface area contributed by atoms with Crippen LogP contribution in [0.3, 0.4) is 0 Å². The zero-order valence-electron chi connectivity index (χ0n) is 8.47. The van der Waals surface area contributed by atoms with Crippen LogP contribution in [-0.4, -0.2) is 21.7 Å². The van der Waals surface area contributed by atoms with Gasteiger partial charge < -0.3 is 9.52 Å². The average molecular weight is 204 g/mol. The summed E-state index contributed by atoms with van der Waals surface area (Å²) in [6.07, 6.45) is 2.14. The second kappa shape index (κ2) is 4.23. The van der Waals surface area contributed by atoms with E-state index in [2.05, 4.69) is 9.97 Å².